The molecule has 0 radical (unpaired) electrons. The third-order valence-electron chi connectivity index (χ3n) is 3.89. The van der Waals surface area contributed by atoms with Crippen molar-refractivity contribution < 1.29 is 9.53 Å². The van der Waals surface area contributed by atoms with Gasteiger partial charge in [0.15, 0.2) is 0 Å². The van der Waals surface area contributed by atoms with Crippen LogP contribution in [0.3, 0.4) is 0 Å². The summed E-state index contributed by atoms with van der Waals surface area (Å²) in [5.74, 6) is 1.69. The lowest BCUT2D eigenvalue weighted by atomic mass is 10.0. The molecule has 114 valence electrons. The number of rotatable bonds is 5. The van der Waals surface area contributed by atoms with E-state index in [1.165, 1.54) is 12.8 Å². The van der Waals surface area contributed by atoms with Gasteiger partial charge >= 0.3 is 0 Å². The van der Waals surface area contributed by atoms with Gasteiger partial charge in [0, 0.05) is 19.7 Å². The fourth-order valence-electron chi connectivity index (χ4n) is 2.33. The van der Waals surface area contributed by atoms with Crippen LogP contribution in [0.25, 0.3) is 11.1 Å². The molecule has 0 unspecified atom stereocenters. The predicted molar refractivity (Wildman–Crippen MR) is 88.1 cm³/mol. The topological polar surface area (TPSA) is 29.5 Å². The summed E-state index contributed by atoms with van der Waals surface area (Å²) in [4.78, 5) is 13.6. The standard InChI is InChI=1S/C19H21NO2/c1-20(2)19(21)17-5-3-4-16(12-17)15-8-10-18(11-9-15)22-13-14-6-7-14/h3-5,8-12,14H,6-7,13H2,1-2H3. The molecule has 0 spiro atoms. The van der Waals surface area contributed by atoms with E-state index in [1.807, 2.05) is 48.5 Å². The van der Waals surface area contributed by atoms with Crippen molar-refractivity contribution in [2.45, 2.75) is 12.8 Å². The van der Waals surface area contributed by atoms with Gasteiger partial charge in [-0.05, 0) is 54.2 Å². The minimum atomic E-state index is 0.0197. The van der Waals surface area contributed by atoms with Gasteiger partial charge in [-0.25, -0.2) is 0 Å². The molecule has 1 saturated carbocycles. The Labute approximate surface area is 131 Å². The van der Waals surface area contributed by atoms with Gasteiger partial charge < -0.3 is 9.64 Å². The number of nitrogens with zero attached hydrogens (tertiary/aromatic N) is 1. The highest BCUT2D eigenvalue weighted by atomic mass is 16.5. The van der Waals surface area contributed by atoms with Crippen molar-refractivity contribution in [2.75, 3.05) is 20.7 Å². The number of hydrogen-bond donors (Lipinski definition) is 0. The van der Waals surface area contributed by atoms with Crippen LogP contribution in [0.2, 0.25) is 0 Å². The predicted octanol–water partition coefficient (Wildman–Crippen LogP) is 3.84. The first kappa shape index (κ1) is 14.6. The van der Waals surface area contributed by atoms with Crippen LogP contribution < -0.4 is 4.74 Å². The molecule has 1 aliphatic rings. The summed E-state index contributed by atoms with van der Waals surface area (Å²) in [7, 11) is 3.53. The van der Waals surface area contributed by atoms with E-state index in [-0.39, 0.29) is 5.91 Å². The van der Waals surface area contributed by atoms with Gasteiger partial charge in [-0.15, -0.1) is 0 Å². The summed E-state index contributed by atoms with van der Waals surface area (Å²) in [5, 5.41) is 0. The third kappa shape index (κ3) is 3.48. The Morgan fingerprint density at radius 3 is 2.45 bits per heavy atom. The largest absolute Gasteiger partial charge is 0.493 e. The average molecular weight is 295 g/mol. The first-order valence-corrected chi connectivity index (χ1v) is 7.68. The first-order chi connectivity index (χ1) is 10.6. The number of carbonyl (C=O) groups is 1. The van der Waals surface area contributed by atoms with Gasteiger partial charge in [0.05, 0.1) is 6.61 Å². The minimum absolute atomic E-state index is 0.0197. The molecule has 3 nitrogen and oxygen atoms in total. The van der Waals surface area contributed by atoms with Crippen LogP contribution in [0.15, 0.2) is 48.5 Å². The summed E-state index contributed by atoms with van der Waals surface area (Å²) < 4.78 is 5.75. The van der Waals surface area contributed by atoms with Gasteiger partial charge in [0.1, 0.15) is 5.75 Å². The summed E-state index contributed by atoms with van der Waals surface area (Å²) in [6, 6.07) is 15.8. The molecule has 2 aromatic rings. The number of amides is 1. The van der Waals surface area contributed by atoms with E-state index in [0.717, 1.165) is 29.4 Å². The quantitative estimate of drug-likeness (QED) is 0.838. The van der Waals surface area contributed by atoms with E-state index < -0.39 is 0 Å². The number of hydrogen-bond acceptors (Lipinski definition) is 2. The zero-order valence-corrected chi connectivity index (χ0v) is 13.1. The van der Waals surface area contributed by atoms with Crippen LogP contribution >= 0.6 is 0 Å². The maximum atomic E-state index is 12.0. The number of ether oxygens (including phenoxy) is 1. The van der Waals surface area contributed by atoms with Crippen molar-refractivity contribution in [1.29, 1.82) is 0 Å². The SMILES string of the molecule is CN(C)C(=O)c1cccc(-c2ccc(OCC3CC3)cc2)c1. The fraction of sp³-hybridized carbons (Fsp3) is 0.316. The van der Waals surface area contributed by atoms with Crippen molar-refractivity contribution in [2.24, 2.45) is 5.92 Å². The molecular formula is C19H21NO2. The van der Waals surface area contributed by atoms with E-state index >= 15 is 0 Å². The van der Waals surface area contributed by atoms with Gasteiger partial charge in [-0.2, -0.15) is 0 Å². The molecule has 1 fully saturated rings. The van der Waals surface area contributed by atoms with Crippen LogP contribution in [0.4, 0.5) is 0 Å². The Balaban J connectivity index is 1.75. The molecule has 22 heavy (non-hydrogen) atoms. The fourth-order valence-corrected chi connectivity index (χ4v) is 2.33. The lowest BCUT2D eigenvalue weighted by Crippen LogP contribution is -2.21. The first-order valence-electron chi connectivity index (χ1n) is 7.68. The molecule has 0 N–H and O–H groups in total. The second-order valence-corrected chi connectivity index (χ2v) is 6.06. The molecule has 1 aliphatic carbocycles. The normalized spacial score (nSPS) is 13.7. The maximum Gasteiger partial charge on any atom is 0.253 e. The molecule has 0 atom stereocenters. The summed E-state index contributed by atoms with van der Waals surface area (Å²) in [5.41, 5.74) is 2.84. The highest BCUT2D eigenvalue weighted by Crippen LogP contribution is 2.30. The third-order valence-corrected chi connectivity index (χ3v) is 3.89. The smallest absolute Gasteiger partial charge is 0.253 e. The summed E-state index contributed by atoms with van der Waals surface area (Å²) in [6.07, 6.45) is 2.59. The van der Waals surface area contributed by atoms with Gasteiger partial charge in [-0.3, -0.25) is 4.79 Å². The Hall–Kier alpha value is -2.29. The van der Waals surface area contributed by atoms with E-state index in [0.29, 0.717) is 5.56 Å². The lowest BCUT2D eigenvalue weighted by Gasteiger charge is -2.11. The molecule has 0 aliphatic heterocycles. The van der Waals surface area contributed by atoms with Crippen molar-refractivity contribution >= 4 is 5.91 Å². The highest BCUT2D eigenvalue weighted by Gasteiger charge is 2.21. The van der Waals surface area contributed by atoms with E-state index in [9.17, 15) is 4.79 Å². The Bertz CT molecular complexity index is 657. The van der Waals surface area contributed by atoms with Crippen LogP contribution in [-0.4, -0.2) is 31.5 Å². The molecule has 2 aromatic carbocycles. The van der Waals surface area contributed by atoms with Gasteiger partial charge in [0.25, 0.3) is 5.91 Å². The molecular weight excluding hydrogens is 274 g/mol. The zero-order chi connectivity index (χ0) is 15.5. The van der Waals surface area contributed by atoms with Crippen LogP contribution in [0.5, 0.6) is 5.75 Å². The molecule has 0 aromatic heterocycles. The van der Waals surface area contributed by atoms with Crippen molar-refractivity contribution in [1.82, 2.24) is 4.90 Å². The maximum absolute atomic E-state index is 12.0. The minimum Gasteiger partial charge on any atom is -0.493 e. The average Bonchev–Trinajstić information content (AvgIpc) is 3.37. The summed E-state index contributed by atoms with van der Waals surface area (Å²) in [6.45, 7) is 0.826. The molecule has 3 rings (SSSR count). The second-order valence-electron chi connectivity index (χ2n) is 6.06. The van der Waals surface area contributed by atoms with E-state index in [2.05, 4.69) is 0 Å². The Morgan fingerprint density at radius 2 is 1.82 bits per heavy atom. The van der Waals surface area contributed by atoms with Crippen molar-refractivity contribution in [3.05, 3.63) is 54.1 Å². The Kier molecular flexibility index (Phi) is 4.14. The summed E-state index contributed by atoms with van der Waals surface area (Å²) >= 11 is 0. The molecule has 3 heteroatoms. The van der Waals surface area contributed by atoms with E-state index in [4.69, 9.17) is 4.74 Å². The van der Waals surface area contributed by atoms with Crippen molar-refractivity contribution in [3.63, 3.8) is 0 Å². The van der Waals surface area contributed by atoms with Crippen molar-refractivity contribution in [3.8, 4) is 16.9 Å². The van der Waals surface area contributed by atoms with Crippen LogP contribution in [-0.2, 0) is 0 Å². The zero-order valence-electron chi connectivity index (χ0n) is 13.1. The molecule has 0 saturated heterocycles. The van der Waals surface area contributed by atoms with Gasteiger partial charge in [-0.1, -0.05) is 24.3 Å². The highest BCUT2D eigenvalue weighted by molar-refractivity contribution is 5.95. The number of benzene rings is 2. The molecule has 1 amide bonds. The monoisotopic (exact) mass is 295 g/mol. The lowest BCUT2D eigenvalue weighted by molar-refractivity contribution is 0.0827. The van der Waals surface area contributed by atoms with E-state index in [1.54, 1.807) is 19.0 Å². The Morgan fingerprint density at radius 1 is 1.09 bits per heavy atom. The second kappa shape index (κ2) is 6.22. The van der Waals surface area contributed by atoms with Crippen LogP contribution in [0.1, 0.15) is 23.2 Å². The molecule has 0 bridgehead atoms. The van der Waals surface area contributed by atoms with Crippen LogP contribution in [0, 0.1) is 5.92 Å². The number of carbonyl (C=O) groups excluding carboxylic acids is 1. The van der Waals surface area contributed by atoms with Gasteiger partial charge in [0.2, 0.25) is 0 Å². The molecule has 0 heterocycles.